The predicted octanol–water partition coefficient (Wildman–Crippen LogP) is -2.07. The van der Waals surface area contributed by atoms with Gasteiger partial charge >= 0.3 is 11.9 Å². The largest absolute Gasteiger partial charge is 1.00 e. The van der Waals surface area contributed by atoms with Gasteiger partial charge in [-0.25, -0.2) is 0 Å². The monoisotopic (exact) mass is 672 g/mol. The van der Waals surface area contributed by atoms with Crippen LogP contribution in [-0.2, 0) is 0 Å². The fourth-order valence-electron chi connectivity index (χ4n) is 3.50. The number of quaternary nitrogens is 2. The van der Waals surface area contributed by atoms with Gasteiger partial charge in [-0.1, -0.05) is 34.4 Å². The third-order valence-electron chi connectivity index (χ3n) is 5.58. The lowest BCUT2D eigenvalue weighted by atomic mass is 10.2. The molecule has 0 aliphatic carbocycles. The lowest BCUT2D eigenvalue weighted by molar-refractivity contribution is -0.575. The fourth-order valence-corrected chi connectivity index (χ4v) is 7.31. The van der Waals surface area contributed by atoms with E-state index in [0.717, 1.165) is 84.9 Å². The van der Waals surface area contributed by atoms with Crippen LogP contribution in [0.4, 0.5) is 23.8 Å². The van der Waals surface area contributed by atoms with Gasteiger partial charge < -0.3 is 34.6 Å². The highest BCUT2D eigenvalue weighted by atomic mass is 35.5. The number of anilines is 2. The van der Waals surface area contributed by atoms with Crippen LogP contribution in [0.3, 0.4) is 0 Å². The van der Waals surface area contributed by atoms with Crippen molar-refractivity contribution < 1.29 is 35.4 Å². The van der Waals surface area contributed by atoms with Gasteiger partial charge in [0.1, 0.15) is 0 Å². The minimum absolute atomic E-state index is 0. The minimum atomic E-state index is 0. The number of unbranched alkanes of at least 4 members (excludes halogenated alkanes) is 3. The molecule has 0 aromatic carbocycles. The number of nitrogens with two attached hydrogens (primary N) is 2. The van der Waals surface area contributed by atoms with Crippen molar-refractivity contribution in [2.45, 2.75) is 77.5 Å². The average Bonchev–Trinajstić information content (AvgIpc) is 2.91. The number of halogens is 2. The van der Waals surface area contributed by atoms with Crippen molar-refractivity contribution in [3.05, 3.63) is 0 Å². The topological polar surface area (TPSA) is 117 Å². The van der Waals surface area contributed by atoms with E-state index in [1.54, 1.807) is 21.6 Å². The van der Waals surface area contributed by atoms with Gasteiger partial charge in [0.2, 0.25) is 22.2 Å². The van der Waals surface area contributed by atoms with Crippen molar-refractivity contribution in [3.63, 3.8) is 0 Å². The van der Waals surface area contributed by atoms with E-state index in [1.165, 1.54) is 25.7 Å². The van der Waals surface area contributed by atoms with Crippen LogP contribution >= 0.6 is 43.2 Å². The molecule has 0 radical (unpaired) electrons. The second kappa shape index (κ2) is 24.0. The first-order chi connectivity index (χ1) is 18.6. The molecule has 230 valence electrons. The zero-order valence-electron chi connectivity index (χ0n) is 24.6. The second-order valence-corrected chi connectivity index (χ2v) is 13.1. The van der Waals surface area contributed by atoms with E-state index < -0.39 is 0 Å². The smallest absolute Gasteiger partial charge is 0.331 e. The van der Waals surface area contributed by atoms with Crippen LogP contribution in [0.2, 0.25) is 0 Å². The van der Waals surface area contributed by atoms with Gasteiger partial charge in [0, 0.05) is 37.7 Å². The molecule has 0 aliphatic rings. The summed E-state index contributed by atoms with van der Waals surface area (Å²) >= 11 is 0. The van der Waals surface area contributed by atoms with Gasteiger partial charge in [-0.05, 0) is 76.0 Å². The summed E-state index contributed by atoms with van der Waals surface area (Å²) in [5, 5.41) is 5.74. The molecule has 40 heavy (non-hydrogen) atoms. The molecule has 0 saturated carbocycles. The molecule has 0 aliphatic heterocycles. The Hall–Kier alpha value is -0.480. The van der Waals surface area contributed by atoms with E-state index >= 15 is 0 Å². The van der Waals surface area contributed by atoms with E-state index in [1.807, 2.05) is 21.6 Å². The van der Waals surface area contributed by atoms with Crippen LogP contribution < -0.4 is 45.2 Å². The summed E-state index contributed by atoms with van der Waals surface area (Å²) < 4.78 is 0. The Labute approximate surface area is 269 Å². The number of rotatable bonds is 21. The third-order valence-corrected chi connectivity index (χ3v) is 9.99. The van der Waals surface area contributed by atoms with E-state index in [0.29, 0.717) is 0 Å². The molecule has 2 aromatic rings. The molecule has 2 aromatic heterocycles. The minimum Gasteiger partial charge on any atom is -1.00 e. The van der Waals surface area contributed by atoms with Crippen LogP contribution in [0.1, 0.15) is 67.2 Å². The highest BCUT2D eigenvalue weighted by Crippen LogP contribution is 2.32. The van der Waals surface area contributed by atoms with Gasteiger partial charge in [0.05, 0.1) is 13.1 Å². The molecule has 2 heterocycles. The molecule has 4 N–H and O–H groups in total. The first kappa shape index (κ1) is 39.5. The molecular formula is C24H46Cl2N10S4. The number of hydrogen-bond donors (Lipinski definition) is 2. The Morgan fingerprint density at radius 2 is 0.900 bits per heavy atom. The molecule has 0 atom stereocenters. The lowest BCUT2D eigenvalue weighted by Gasteiger charge is -2.18. The van der Waals surface area contributed by atoms with Gasteiger partial charge in [-0.2, -0.15) is 19.9 Å². The van der Waals surface area contributed by atoms with Gasteiger partial charge in [0.15, 0.2) is 0 Å². The van der Waals surface area contributed by atoms with Gasteiger partial charge in [-0.3, -0.25) is 10.6 Å². The molecular weight excluding hydrogens is 628 g/mol. The highest BCUT2D eigenvalue weighted by Gasteiger charge is 2.15. The zero-order valence-corrected chi connectivity index (χ0v) is 29.4. The maximum atomic E-state index is 4.69. The highest BCUT2D eigenvalue weighted by molar-refractivity contribution is 8.77. The van der Waals surface area contributed by atoms with E-state index in [2.05, 4.69) is 81.9 Å². The molecule has 0 amide bonds. The zero-order chi connectivity index (χ0) is 27.6. The van der Waals surface area contributed by atoms with Crippen molar-refractivity contribution >= 4 is 67.0 Å². The second-order valence-electron chi connectivity index (χ2n) is 8.35. The van der Waals surface area contributed by atoms with Crippen molar-refractivity contribution in [2.24, 2.45) is 0 Å². The molecule has 0 unspecified atom stereocenters. The summed E-state index contributed by atoms with van der Waals surface area (Å²) in [6, 6.07) is 0. The molecule has 16 heteroatoms. The Bertz CT molecular complexity index is 854. The number of hydrogen-bond acceptors (Lipinski definition) is 12. The summed E-state index contributed by atoms with van der Waals surface area (Å²) in [7, 11) is 7.02. The first-order valence-electron chi connectivity index (χ1n) is 13.9. The average molecular weight is 674 g/mol. The normalized spacial score (nSPS) is 10.7. The van der Waals surface area contributed by atoms with Crippen LogP contribution in [0.25, 0.3) is 0 Å². The predicted molar refractivity (Wildman–Crippen MR) is 166 cm³/mol. The van der Waals surface area contributed by atoms with Crippen LogP contribution in [0.5, 0.6) is 0 Å². The standard InChI is InChI=1S/C24H44N10S4.2ClH/c1-7-25-19-27-21(33(9-3)10-4)31-23(29-19)37-35-17-15-13-14-16-18-36-38-24-30-20(26-8-2)28-22(32-24)34(11-5)12-6;;/h7-18H2,1-6H3,(H,25,27,29,31)(H,26,28,30,32);2*1H. The quantitative estimate of drug-likeness (QED) is 0.112. The summed E-state index contributed by atoms with van der Waals surface area (Å²) in [4.78, 5) is 32.2. The number of nitrogens with zero attached hydrogens (tertiary/aromatic N) is 8. The summed E-state index contributed by atoms with van der Waals surface area (Å²) in [5.74, 6) is 5.32. The van der Waals surface area contributed by atoms with Gasteiger partial charge in [0.25, 0.3) is 0 Å². The Kier molecular flexibility index (Phi) is 23.7. The molecule has 0 spiro atoms. The first-order valence-corrected chi connectivity index (χ1v) is 18.5. The third kappa shape index (κ3) is 14.6. The number of aromatic nitrogens is 6. The van der Waals surface area contributed by atoms with Crippen LogP contribution in [0, 0.1) is 0 Å². The van der Waals surface area contributed by atoms with E-state index in [-0.39, 0.29) is 24.8 Å². The SMILES string of the molecule is CC[NH2+]c1nc(SSCCCCCCSSc2nc([NH2+]CC)nc(N(CC)CC)n2)nc(N(CC)CC)n1.[Cl-].[Cl-]. The Morgan fingerprint density at radius 3 is 1.23 bits per heavy atom. The fraction of sp³-hybridized carbons (Fsp3) is 0.750. The van der Waals surface area contributed by atoms with Crippen molar-refractivity contribution in [2.75, 3.05) is 60.6 Å². The van der Waals surface area contributed by atoms with Crippen LogP contribution in [-0.4, -0.2) is 80.7 Å². The summed E-state index contributed by atoms with van der Waals surface area (Å²) in [6.45, 7) is 18.2. The molecule has 2 rings (SSSR count). The van der Waals surface area contributed by atoms with Crippen LogP contribution in [0.15, 0.2) is 10.3 Å². The summed E-state index contributed by atoms with van der Waals surface area (Å²) in [6.07, 6.45) is 4.88. The Balaban J connectivity index is 0.00000760. The van der Waals surface area contributed by atoms with Crippen molar-refractivity contribution in [3.8, 4) is 0 Å². The van der Waals surface area contributed by atoms with Crippen molar-refractivity contribution in [1.29, 1.82) is 0 Å². The lowest BCUT2D eigenvalue weighted by Crippen LogP contribution is -3.00. The summed E-state index contributed by atoms with van der Waals surface area (Å²) in [5.41, 5.74) is 0. The molecule has 10 nitrogen and oxygen atoms in total. The van der Waals surface area contributed by atoms with E-state index in [9.17, 15) is 0 Å². The molecule has 0 fully saturated rings. The molecule has 0 saturated heterocycles. The maximum Gasteiger partial charge on any atom is 0.331 e. The van der Waals surface area contributed by atoms with E-state index in [4.69, 9.17) is 9.97 Å². The maximum absolute atomic E-state index is 4.69. The Morgan fingerprint density at radius 1 is 0.525 bits per heavy atom. The molecule has 0 bridgehead atoms. The van der Waals surface area contributed by atoms with Gasteiger partial charge in [-0.15, -0.1) is 9.97 Å². The van der Waals surface area contributed by atoms with Crippen molar-refractivity contribution in [1.82, 2.24) is 29.9 Å².